The molecular formula is C24H19FN4O4. The molecule has 0 spiro atoms. The van der Waals surface area contributed by atoms with Crippen LogP contribution in [0.15, 0.2) is 76.4 Å². The number of rotatable bonds is 6. The molecule has 0 radical (unpaired) electrons. The Morgan fingerprint density at radius 1 is 0.970 bits per heavy atom. The third kappa shape index (κ3) is 4.62. The number of amides is 1. The first kappa shape index (κ1) is 21.8. The largest absolute Gasteiger partial charge is 0.332 e. The van der Waals surface area contributed by atoms with Gasteiger partial charge in [-0.25, -0.2) is 14.2 Å². The number of hydrogen-bond donors (Lipinski definition) is 1. The summed E-state index contributed by atoms with van der Waals surface area (Å²) in [5, 5.41) is 2.68. The van der Waals surface area contributed by atoms with Crippen LogP contribution in [-0.4, -0.2) is 25.8 Å². The molecule has 4 rings (SSSR count). The van der Waals surface area contributed by atoms with Gasteiger partial charge in [-0.15, -0.1) is 0 Å². The van der Waals surface area contributed by atoms with E-state index in [4.69, 9.17) is 0 Å². The molecule has 0 bridgehead atoms. The molecule has 1 N–H and O–H groups in total. The normalized spacial score (nSPS) is 10.8. The number of pyridine rings is 1. The van der Waals surface area contributed by atoms with E-state index in [-0.39, 0.29) is 29.9 Å². The Balaban J connectivity index is 1.69. The third-order valence-electron chi connectivity index (χ3n) is 5.12. The highest BCUT2D eigenvalue weighted by Crippen LogP contribution is 2.11. The van der Waals surface area contributed by atoms with Crippen molar-refractivity contribution in [2.24, 2.45) is 0 Å². The molecule has 0 aliphatic carbocycles. The van der Waals surface area contributed by atoms with Crippen LogP contribution >= 0.6 is 0 Å². The quantitative estimate of drug-likeness (QED) is 0.459. The number of carbonyl (C=O) groups excluding carboxylic acids is 2. The molecular weight excluding hydrogens is 427 g/mol. The molecule has 0 atom stereocenters. The van der Waals surface area contributed by atoms with E-state index in [1.54, 1.807) is 36.4 Å². The highest BCUT2D eigenvalue weighted by Gasteiger charge is 2.16. The van der Waals surface area contributed by atoms with Crippen molar-refractivity contribution < 1.29 is 14.0 Å². The van der Waals surface area contributed by atoms with Gasteiger partial charge in [0.2, 0.25) is 5.91 Å². The molecule has 0 aliphatic heterocycles. The standard InChI is InChI=1S/C24H19FN4O4/c1-15(30)17-6-10-19(11-7-17)27-21(31)14-28-20-3-2-12-26-22(20)23(32)29(24(28)33)13-16-4-8-18(25)9-5-16/h2-12H,13-14H2,1H3,(H,27,31). The Labute approximate surface area is 186 Å². The fourth-order valence-electron chi connectivity index (χ4n) is 3.44. The Hall–Kier alpha value is -4.40. The van der Waals surface area contributed by atoms with Gasteiger partial charge in [0.05, 0.1) is 12.1 Å². The third-order valence-corrected chi connectivity index (χ3v) is 5.12. The number of ketones is 1. The van der Waals surface area contributed by atoms with Gasteiger partial charge in [0, 0.05) is 17.4 Å². The van der Waals surface area contributed by atoms with Crippen LogP contribution < -0.4 is 16.6 Å². The highest BCUT2D eigenvalue weighted by atomic mass is 19.1. The summed E-state index contributed by atoms with van der Waals surface area (Å²) in [5.74, 6) is -1.02. The minimum Gasteiger partial charge on any atom is -0.325 e. The first-order valence-electron chi connectivity index (χ1n) is 10.1. The fraction of sp³-hybridized carbons (Fsp3) is 0.125. The van der Waals surface area contributed by atoms with E-state index in [0.717, 1.165) is 4.57 Å². The molecule has 0 saturated carbocycles. The summed E-state index contributed by atoms with van der Waals surface area (Å²) >= 11 is 0. The van der Waals surface area contributed by atoms with E-state index in [1.807, 2.05) is 0 Å². The van der Waals surface area contributed by atoms with E-state index in [0.29, 0.717) is 16.8 Å². The molecule has 0 unspecified atom stereocenters. The molecule has 2 aromatic heterocycles. The van der Waals surface area contributed by atoms with Gasteiger partial charge in [-0.1, -0.05) is 12.1 Å². The Kier molecular flexibility index (Phi) is 5.95. The summed E-state index contributed by atoms with van der Waals surface area (Å²) in [6.07, 6.45) is 1.43. The first-order valence-corrected chi connectivity index (χ1v) is 10.1. The zero-order valence-electron chi connectivity index (χ0n) is 17.6. The average Bonchev–Trinajstić information content (AvgIpc) is 2.81. The number of aromatic nitrogens is 3. The Morgan fingerprint density at radius 2 is 1.67 bits per heavy atom. The second-order valence-electron chi connectivity index (χ2n) is 7.44. The lowest BCUT2D eigenvalue weighted by molar-refractivity contribution is -0.116. The number of nitrogens with one attached hydrogen (secondary N) is 1. The lowest BCUT2D eigenvalue weighted by Crippen LogP contribution is -2.42. The molecule has 166 valence electrons. The van der Waals surface area contributed by atoms with Crippen molar-refractivity contribution in [3.05, 3.63) is 105 Å². The lowest BCUT2D eigenvalue weighted by atomic mass is 10.1. The van der Waals surface area contributed by atoms with Gasteiger partial charge in [-0.05, 0) is 61.0 Å². The summed E-state index contributed by atoms with van der Waals surface area (Å²) < 4.78 is 15.4. The summed E-state index contributed by atoms with van der Waals surface area (Å²) in [5.41, 5.74) is 0.493. The monoisotopic (exact) mass is 446 g/mol. The predicted octanol–water partition coefficient (Wildman–Crippen LogP) is 2.59. The van der Waals surface area contributed by atoms with E-state index >= 15 is 0 Å². The van der Waals surface area contributed by atoms with Gasteiger partial charge < -0.3 is 5.32 Å². The molecule has 2 aromatic carbocycles. The van der Waals surface area contributed by atoms with Crippen molar-refractivity contribution >= 4 is 28.4 Å². The minimum atomic E-state index is -0.688. The molecule has 2 heterocycles. The second kappa shape index (κ2) is 8.99. The predicted molar refractivity (Wildman–Crippen MR) is 121 cm³/mol. The number of benzene rings is 2. The van der Waals surface area contributed by atoms with Crippen LogP contribution in [0.3, 0.4) is 0 Å². The topological polar surface area (TPSA) is 103 Å². The van der Waals surface area contributed by atoms with E-state index in [9.17, 15) is 23.6 Å². The molecule has 8 nitrogen and oxygen atoms in total. The molecule has 33 heavy (non-hydrogen) atoms. The second-order valence-corrected chi connectivity index (χ2v) is 7.44. The summed E-state index contributed by atoms with van der Waals surface area (Å²) in [6, 6.07) is 14.9. The van der Waals surface area contributed by atoms with Gasteiger partial charge >= 0.3 is 5.69 Å². The number of anilines is 1. The van der Waals surface area contributed by atoms with Crippen molar-refractivity contribution in [3.63, 3.8) is 0 Å². The fourth-order valence-corrected chi connectivity index (χ4v) is 3.44. The van der Waals surface area contributed by atoms with Crippen molar-refractivity contribution in [2.45, 2.75) is 20.0 Å². The van der Waals surface area contributed by atoms with Gasteiger partial charge in [0.15, 0.2) is 11.3 Å². The minimum absolute atomic E-state index is 0.0397. The molecule has 1 amide bonds. The van der Waals surface area contributed by atoms with Gasteiger partial charge in [-0.2, -0.15) is 0 Å². The highest BCUT2D eigenvalue weighted by molar-refractivity contribution is 5.95. The van der Waals surface area contributed by atoms with Crippen LogP contribution in [0.5, 0.6) is 0 Å². The van der Waals surface area contributed by atoms with Crippen molar-refractivity contribution in [1.29, 1.82) is 0 Å². The lowest BCUT2D eigenvalue weighted by Gasteiger charge is -2.14. The summed E-state index contributed by atoms with van der Waals surface area (Å²) in [6.45, 7) is 0.984. The molecule has 0 saturated heterocycles. The number of fused-ring (bicyclic) bond motifs is 1. The van der Waals surface area contributed by atoms with Crippen LogP contribution in [-0.2, 0) is 17.9 Å². The average molecular weight is 446 g/mol. The number of hydrogen-bond acceptors (Lipinski definition) is 5. The zero-order chi connectivity index (χ0) is 23.5. The number of nitrogens with zero attached hydrogens (tertiary/aromatic N) is 3. The Morgan fingerprint density at radius 3 is 2.33 bits per heavy atom. The van der Waals surface area contributed by atoms with E-state index < -0.39 is 23.0 Å². The van der Waals surface area contributed by atoms with Crippen LogP contribution in [0.1, 0.15) is 22.8 Å². The maximum atomic E-state index is 13.2. The zero-order valence-corrected chi connectivity index (χ0v) is 17.6. The SMILES string of the molecule is CC(=O)c1ccc(NC(=O)Cn2c(=O)n(Cc3ccc(F)cc3)c(=O)c3ncccc32)cc1. The van der Waals surface area contributed by atoms with Crippen molar-refractivity contribution in [3.8, 4) is 0 Å². The number of halogens is 1. The van der Waals surface area contributed by atoms with Crippen molar-refractivity contribution in [1.82, 2.24) is 14.1 Å². The van der Waals surface area contributed by atoms with Gasteiger partial charge in [0.1, 0.15) is 12.4 Å². The smallest absolute Gasteiger partial charge is 0.325 e. The molecule has 4 aromatic rings. The molecule has 0 fully saturated rings. The Bertz CT molecular complexity index is 1470. The molecule has 0 aliphatic rings. The van der Waals surface area contributed by atoms with Gasteiger partial charge in [-0.3, -0.25) is 23.5 Å². The van der Waals surface area contributed by atoms with E-state index in [1.165, 1.54) is 42.0 Å². The number of carbonyl (C=O) groups is 2. The number of Topliss-reactive ketones (excluding diaryl/α,β-unsaturated/α-hetero) is 1. The summed E-state index contributed by atoms with van der Waals surface area (Å²) in [7, 11) is 0. The van der Waals surface area contributed by atoms with Crippen molar-refractivity contribution in [2.75, 3.05) is 5.32 Å². The first-order chi connectivity index (χ1) is 15.8. The maximum absolute atomic E-state index is 13.2. The maximum Gasteiger partial charge on any atom is 0.332 e. The van der Waals surface area contributed by atoms with Crippen LogP contribution in [0, 0.1) is 5.82 Å². The summed E-state index contributed by atoms with van der Waals surface area (Å²) in [4.78, 5) is 54.3. The van der Waals surface area contributed by atoms with Crippen LogP contribution in [0.2, 0.25) is 0 Å². The van der Waals surface area contributed by atoms with Crippen LogP contribution in [0.4, 0.5) is 10.1 Å². The van der Waals surface area contributed by atoms with Crippen LogP contribution in [0.25, 0.3) is 11.0 Å². The van der Waals surface area contributed by atoms with E-state index in [2.05, 4.69) is 10.3 Å². The van der Waals surface area contributed by atoms with Gasteiger partial charge in [0.25, 0.3) is 5.56 Å². The molecule has 9 heteroatoms.